The maximum absolute atomic E-state index is 12.9. The summed E-state index contributed by atoms with van der Waals surface area (Å²) in [5.74, 6) is 0.330. The average Bonchev–Trinajstić information content (AvgIpc) is 3.48. The SMILES string of the molecule is CC(CC(=O)Nc1cccc(Oc2ccc3c(c2)C(=O)N(CC2CCCO2)C3=O)c1)c1ccccc1. The van der Waals surface area contributed by atoms with E-state index in [9.17, 15) is 14.4 Å². The molecule has 1 fully saturated rings. The molecule has 7 heteroatoms. The van der Waals surface area contributed by atoms with Crippen molar-refractivity contribution in [1.82, 2.24) is 4.90 Å². The molecule has 0 bridgehead atoms. The Kier molecular flexibility index (Phi) is 6.82. The molecule has 2 heterocycles. The minimum absolute atomic E-state index is 0.0866. The molecule has 0 aliphatic carbocycles. The van der Waals surface area contributed by atoms with E-state index < -0.39 is 0 Å². The number of nitrogens with zero attached hydrogens (tertiary/aromatic N) is 1. The highest BCUT2D eigenvalue weighted by molar-refractivity contribution is 6.21. The number of ether oxygens (including phenoxy) is 2. The van der Waals surface area contributed by atoms with E-state index in [1.165, 1.54) is 4.90 Å². The predicted molar refractivity (Wildman–Crippen MR) is 135 cm³/mol. The number of carbonyl (C=O) groups is 3. The Balaban J connectivity index is 1.23. The standard InChI is InChI=1S/C29H28N2O5/c1-19(20-7-3-2-4-8-20)15-27(32)30-21-9-5-10-22(16-21)36-23-12-13-25-26(17-23)29(34)31(28(25)33)18-24-11-6-14-35-24/h2-5,7-10,12-13,16-17,19,24H,6,11,14-15,18H2,1H3,(H,30,32). The largest absolute Gasteiger partial charge is 0.457 e. The number of carbonyl (C=O) groups excluding carboxylic acids is 3. The van der Waals surface area contributed by atoms with Crippen LogP contribution in [0.25, 0.3) is 0 Å². The summed E-state index contributed by atoms with van der Waals surface area (Å²) in [4.78, 5) is 39.5. The van der Waals surface area contributed by atoms with Gasteiger partial charge >= 0.3 is 0 Å². The third-order valence-electron chi connectivity index (χ3n) is 6.57. The minimum atomic E-state index is -0.329. The van der Waals surface area contributed by atoms with Crippen LogP contribution in [0.1, 0.15) is 58.4 Å². The first kappa shape index (κ1) is 23.8. The van der Waals surface area contributed by atoms with Gasteiger partial charge in [-0.05, 0) is 54.7 Å². The molecule has 0 saturated carbocycles. The van der Waals surface area contributed by atoms with E-state index in [0.717, 1.165) is 18.4 Å². The van der Waals surface area contributed by atoms with Gasteiger partial charge in [-0.25, -0.2) is 0 Å². The number of anilines is 1. The smallest absolute Gasteiger partial charge is 0.261 e. The fourth-order valence-electron chi connectivity index (χ4n) is 4.65. The molecule has 2 aliphatic heterocycles. The lowest BCUT2D eigenvalue weighted by molar-refractivity contribution is -0.116. The zero-order valence-electron chi connectivity index (χ0n) is 20.1. The first-order chi connectivity index (χ1) is 17.5. The van der Waals surface area contributed by atoms with E-state index in [1.807, 2.05) is 37.3 Å². The second kappa shape index (κ2) is 10.3. The van der Waals surface area contributed by atoms with Crippen LogP contribution in [0.3, 0.4) is 0 Å². The normalized spacial score (nSPS) is 17.7. The fourth-order valence-corrected chi connectivity index (χ4v) is 4.65. The molecule has 1 N–H and O–H groups in total. The van der Waals surface area contributed by atoms with Crippen molar-refractivity contribution in [3.63, 3.8) is 0 Å². The van der Waals surface area contributed by atoms with Crippen molar-refractivity contribution < 1.29 is 23.9 Å². The highest BCUT2D eigenvalue weighted by Crippen LogP contribution is 2.31. The van der Waals surface area contributed by atoms with Gasteiger partial charge in [0.1, 0.15) is 11.5 Å². The summed E-state index contributed by atoms with van der Waals surface area (Å²) < 4.78 is 11.6. The van der Waals surface area contributed by atoms with E-state index in [-0.39, 0.29) is 36.3 Å². The first-order valence-corrected chi connectivity index (χ1v) is 12.2. The number of amides is 3. The number of hydrogen-bond donors (Lipinski definition) is 1. The molecule has 3 aromatic rings. The van der Waals surface area contributed by atoms with E-state index >= 15 is 0 Å². The van der Waals surface area contributed by atoms with Crippen LogP contribution in [0.4, 0.5) is 5.69 Å². The number of rotatable bonds is 8. The van der Waals surface area contributed by atoms with Crippen molar-refractivity contribution in [3.8, 4) is 11.5 Å². The van der Waals surface area contributed by atoms with E-state index in [2.05, 4.69) is 5.32 Å². The molecule has 3 amide bonds. The molecule has 36 heavy (non-hydrogen) atoms. The molecule has 2 unspecified atom stereocenters. The molecule has 0 radical (unpaired) electrons. The van der Waals surface area contributed by atoms with Gasteiger partial charge < -0.3 is 14.8 Å². The fraction of sp³-hybridized carbons (Fsp3) is 0.276. The lowest BCUT2D eigenvalue weighted by atomic mass is 9.97. The Hall–Kier alpha value is -3.97. The Morgan fingerprint density at radius 1 is 1.00 bits per heavy atom. The predicted octanol–water partition coefficient (Wildman–Crippen LogP) is 5.39. The van der Waals surface area contributed by atoms with Crippen LogP contribution >= 0.6 is 0 Å². The number of benzene rings is 3. The third kappa shape index (κ3) is 5.16. The molecular weight excluding hydrogens is 456 g/mol. The quantitative estimate of drug-likeness (QED) is 0.434. The molecular formula is C29H28N2O5. The summed E-state index contributed by atoms with van der Waals surface area (Å²) in [6.07, 6.45) is 2.05. The second-order valence-electron chi connectivity index (χ2n) is 9.26. The van der Waals surface area contributed by atoms with Crippen molar-refractivity contribution in [2.75, 3.05) is 18.5 Å². The van der Waals surface area contributed by atoms with Gasteiger partial charge in [-0.15, -0.1) is 0 Å². The average molecular weight is 485 g/mol. The number of nitrogens with one attached hydrogen (secondary N) is 1. The van der Waals surface area contributed by atoms with Crippen molar-refractivity contribution in [3.05, 3.63) is 89.5 Å². The highest BCUT2D eigenvalue weighted by atomic mass is 16.5. The van der Waals surface area contributed by atoms with Gasteiger partial charge in [0.25, 0.3) is 11.8 Å². The van der Waals surface area contributed by atoms with Gasteiger partial charge in [-0.1, -0.05) is 43.3 Å². The molecule has 1 saturated heterocycles. The zero-order valence-corrected chi connectivity index (χ0v) is 20.1. The topological polar surface area (TPSA) is 84.9 Å². The molecule has 2 atom stereocenters. The zero-order chi connectivity index (χ0) is 25.1. The van der Waals surface area contributed by atoms with Crippen LogP contribution in [0, 0.1) is 0 Å². The lowest BCUT2D eigenvalue weighted by Crippen LogP contribution is -2.36. The summed E-state index contributed by atoms with van der Waals surface area (Å²) in [6.45, 7) is 2.96. The number of imide groups is 1. The summed E-state index contributed by atoms with van der Waals surface area (Å²) in [5.41, 5.74) is 2.44. The van der Waals surface area contributed by atoms with Crippen molar-refractivity contribution in [2.45, 2.75) is 38.2 Å². The van der Waals surface area contributed by atoms with E-state index in [1.54, 1.807) is 42.5 Å². The minimum Gasteiger partial charge on any atom is -0.457 e. The van der Waals surface area contributed by atoms with Crippen LogP contribution in [-0.4, -0.2) is 41.9 Å². The van der Waals surface area contributed by atoms with Crippen molar-refractivity contribution in [1.29, 1.82) is 0 Å². The first-order valence-electron chi connectivity index (χ1n) is 12.2. The second-order valence-corrected chi connectivity index (χ2v) is 9.26. The van der Waals surface area contributed by atoms with Gasteiger partial charge in [0.05, 0.1) is 23.8 Å². The van der Waals surface area contributed by atoms with Crippen LogP contribution in [-0.2, 0) is 9.53 Å². The van der Waals surface area contributed by atoms with Crippen LogP contribution in [0.2, 0.25) is 0 Å². The van der Waals surface area contributed by atoms with E-state index in [0.29, 0.717) is 41.3 Å². The Bertz CT molecular complexity index is 1280. The molecule has 0 spiro atoms. The summed E-state index contributed by atoms with van der Waals surface area (Å²) in [6, 6.07) is 21.9. The Morgan fingerprint density at radius 2 is 1.78 bits per heavy atom. The van der Waals surface area contributed by atoms with Crippen LogP contribution in [0.5, 0.6) is 11.5 Å². The lowest BCUT2D eigenvalue weighted by Gasteiger charge is -2.17. The van der Waals surface area contributed by atoms with Gasteiger partial charge in [-0.3, -0.25) is 19.3 Å². The Labute approximate surface area is 210 Å². The molecule has 2 aliphatic rings. The van der Waals surface area contributed by atoms with Gasteiger partial charge in [0.15, 0.2) is 0 Å². The summed E-state index contributed by atoms with van der Waals surface area (Å²) in [5, 5.41) is 2.93. The molecule has 184 valence electrons. The Morgan fingerprint density at radius 3 is 2.56 bits per heavy atom. The van der Waals surface area contributed by atoms with Crippen LogP contribution in [0.15, 0.2) is 72.8 Å². The third-order valence-corrected chi connectivity index (χ3v) is 6.57. The molecule has 5 rings (SSSR count). The summed E-state index contributed by atoms with van der Waals surface area (Å²) >= 11 is 0. The monoisotopic (exact) mass is 484 g/mol. The number of hydrogen-bond acceptors (Lipinski definition) is 5. The van der Waals surface area contributed by atoms with Crippen molar-refractivity contribution in [2.24, 2.45) is 0 Å². The molecule has 0 aromatic heterocycles. The summed E-state index contributed by atoms with van der Waals surface area (Å²) in [7, 11) is 0. The van der Waals surface area contributed by atoms with Gasteiger partial charge in [0.2, 0.25) is 5.91 Å². The molecule has 3 aromatic carbocycles. The van der Waals surface area contributed by atoms with E-state index in [4.69, 9.17) is 9.47 Å². The van der Waals surface area contributed by atoms with Gasteiger partial charge in [-0.2, -0.15) is 0 Å². The van der Waals surface area contributed by atoms with Crippen LogP contribution < -0.4 is 10.1 Å². The molecule has 7 nitrogen and oxygen atoms in total. The van der Waals surface area contributed by atoms with Gasteiger partial charge in [0, 0.05) is 24.8 Å². The maximum atomic E-state index is 12.9. The number of fused-ring (bicyclic) bond motifs is 1. The van der Waals surface area contributed by atoms with Crippen molar-refractivity contribution >= 4 is 23.4 Å². The highest BCUT2D eigenvalue weighted by Gasteiger charge is 2.37. The maximum Gasteiger partial charge on any atom is 0.261 e.